The van der Waals surface area contributed by atoms with Crippen LogP contribution in [0.3, 0.4) is 0 Å². The second-order valence-electron chi connectivity index (χ2n) is 16.0. The predicted octanol–water partition coefficient (Wildman–Crippen LogP) is 15.4. The lowest BCUT2D eigenvalue weighted by Gasteiger charge is -2.34. The van der Waals surface area contributed by atoms with Gasteiger partial charge in [0, 0.05) is 33.1 Å². The fraction of sp³-hybridized carbons (Fsp3) is 0.0169. The van der Waals surface area contributed by atoms with Gasteiger partial charge in [0.05, 0.1) is 27.8 Å². The van der Waals surface area contributed by atoms with Gasteiger partial charge in [0.15, 0.2) is 0 Å². The number of aromatic nitrogens is 1. The van der Waals surface area contributed by atoms with Crippen molar-refractivity contribution in [1.29, 1.82) is 0 Å². The SMILES string of the molecule is c1ccc(-c2ccc3c4c(N(c5ccccc5)c5cccc6c5-c5ccccc5C6(c5ccccc5)c5ccccc5)cc5ccccc5c4n(-c4ccccc4)c3c2)cc1. The molecule has 1 heterocycles. The molecule has 2 heteroatoms. The number of hydrogen-bond acceptors (Lipinski definition) is 1. The van der Waals surface area contributed by atoms with E-state index in [1.807, 2.05) is 0 Å². The van der Waals surface area contributed by atoms with E-state index in [4.69, 9.17) is 0 Å². The molecule has 0 N–H and O–H groups in total. The average molecular weight is 777 g/mol. The van der Waals surface area contributed by atoms with E-state index in [1.54, 1.807) is 0 Å². The van der Waals surface area contributed by atoms with Gasteiger partial charge in [0.1, 0.15) is 0 Å². The van der Waals surface area contributed by atoms with Gasteiger partial charge in [-0.05, 0) is 86.8 Å². The van der Waals surface area contributed by atoms with Crippen LogP contribution in [0.1, 0.15) is 22.3 Å². The minimum Gasteiger partial charge on any atom is -0.309 e. The third-order valence-electron chi connectivity index (χ3n) is 12.8. The highest BCUT2D eigenvalue weighted by Crippen LogP contribution is 2.60. The van der Waals surface area contributed by atoms with Crippen molar-refractivity contribution in [3.05, 3.63) is 265 Å². The summed E-state index contributed by atoms with van der Waals surface area (Å²) < 4.78 is 2.49. The Morgan fingerprint density at radius 2 is 0.984 bits per heavy atom. The largest absolute Gasteiger partial charge is 0.309 e. The Morgan fingerprint density at radius 3 is 1.70 bits per heavy atom. The molecule has 0 saturated carbocycles. The molecule has 0 saturated heterocycles. The van der Waals surface area contributed by atoms with Crippen molar-refractivity contribution in [2.45, 2.75) is 5.41 Å². The highest BCUT2D eigenvalue weighted by atomic mass is 15.2. The van der Waals surface area contributed by atoms with Gasteiger partial charge in [-0.1, -0.05) is 200 Å². The van der Waals surface area contributed by atoms with Crippen molar-refractivity contribution in [2.75, 3.05) is 4.90 Å². The molecule has 10 aromatic carbocycles. The van der Waals surface area contributed by atoms with Crippen LogP contribution in [0.2, 0.25) is 0 Å². The Labute approximate surface area is 355 Å². The van der Waals surface area contributed by atoms with Crippen LogP contribution >= 0.6 is 0 Å². The summed E-state index contributed by atoms with van der Waals surface area (Å²) in [5.41, 5.74) is 16.3. The second kappa shape index (κ2) is 14.1. The van der Waals surface area contributed by atoms with Gasteiger partial charge in [-0.25, -0.2) is 0 Å². The number of nitrogens with zero attached hydrogens (tertiary/aromatic N) is 2. The Bertz CT molecular complexity index is 3350. The Morgan fingerprint density at radius 1 is 0.393 bits per heavy atom. The zero-order chi connectivity index (χ0) is 40.3. The van der Waals surface area contributed by atoms with Gasteiger partial charge in [0.2, 0.25) is 0 Å². The first-order valence-electron chi connectivity index (χ1n) is 21.1. The molecule has 0 radical (unpaired) electrons. The second-order valence-corrected chi connectivity index (χ2v) is 16.0. The number of hydrogen-bond donors (Lipinski definition) is 0. The predicted molar refractivity (Wildman–Crippen MR) is 256 cm³/mol. The molecule has 11 aromatic rings. The Kier molecular flexibility index (Phi) is 8.11. The maximum Gasteiger partial charge on any atom is 0.0714 e. The summed E-state index contributed by atoms with van der Waals surface area (Å²) in [6.45, 7) is 0. The lowest BCUT2D eigenvalue weighted by Crippen LogP contribution is -2.28. The molecule has 1 aliphatic rings. The summed E-state index contributed by atoms with van der Waals surface area (Å²) >= 11 is 0. The summed E-state index contributed by atoms with van der Waals surface area (Å²) in [4.78, 5) is 2.54. The summed E-state index contributed by atoms with van der Waals surface area (Å²) in [5.74, 6) is 0. The third-order valence-corrected chi connectivity index (χ3v) is 12.8. The fourth-order valence-corrected chi connectivity index (χ4v) is 10.3. The smallest absolute Gasteiger partial charge is 0.0714 e. The van der Waals surface area contributed by atoms with Crippen LogP contribution < -0.4 is 4.90 Å². The van der Waals surface area contributed by atoms with Crippen molar-refractivity contribution in [3.8, 4) is 27.9 Å². The first-order valence-corrected chi connectivity index (χ1v) is 21.1. The molecule has 0 amide bonds. The van der Waals surface area contributed by atoms with Gasteiger partial charge in [-0.2, -0.15) is 0 Å². The molecule has 0 spiro atoms. The van der Waals surface area contributed by atoms with Crippen molar-refractivity contribution in [3.63, 3.8) is 0 Å². The summed E-state index contributed by atoms with van der Waals surface area (Å²) in [7, 11) is 0. The lowest BCUT2D eigenvalue weighted by atomic mass is 9.68. The monoisotopic (exact) mass is 776 g/mol. The van der Waals surface area contributed by atoms with Crippen LogP contribution in [0.5, 0.6) is 0 Å². The normalized spacial score (nSPS) is 12.7. The van der Waals surface area contributed by atoms with Gasteiger partial charge in [-0.15, -0.1) is 0 Å². The minimum absolute atomic E-state index is 0.525. The molecule has 0 bridgehead atoms. The van der Waals surface area contributed by atoms with Gasteiger partial charge >= 0.3 is 0 Å². The van der Waals surface area contributed by atoms with E-state index in [-0.39, 0.29) is 0 Å². The average Bonchev–Trinajstić information content (AvgIpc) is 3.85. The Hall–Kier alpha value is -7.94. The van der Waals surface area contributed by atoms with E-state index in [0.29, 0.717) is 0 Å². The highest BCUT2D eigenvalue weighted by molar-refractivity contribution is 6.25. The molecule has 2 nitrogen and oxygen atoms in total. The van der Waals surface area contributed by atoms with Crippen LogP contribution in [0, 0.1) is 0 Å². The first-order chi connectivity index (χ1) is 30.3. The van der Waals surface area contributed by atoms with Crippen LogP contribution in [0.25, 0.3) is 60.5 Å². The van der Waals surface area contributed by atoms with Crippen LogP contribution in [-0.2, 0) is 5.41 Å². The zero-order valence-electron chi connectivity index (χ0n) is 33.5. The maximum absolute atomic E-state index is 2.54. The standard InChI is InChI=1S/C59H40N2/c1-6-21-41(22-7-1)42-37-38-50-54(39-42)61(47-30-14-5-15-31-47)58-48-32-17-16-23-43(48)40-55(57(50)58)60(46-28-12-4-13-29-46)53-36-20-35-52-56(53)49-33-18-19-34-51(49)59(52,44-24-8-2-9-25-44)45-26-10-3-11-27-45/h1-40H. The van der Waals surface area contributed by atoms with Crippen LogP contribution in [0.4, 0.5) is 17.1 Å². The molecule has 61 heavy (non-hydrogen) atoms. The fourth-order valence-electron chi connectivity index (χ4n) is 10.3. The topological polar surface area (TPSA) is 8.17 Å². The molecule has 12 rings (SSSR count). The molecule has 1 aromatic heterocycles. The number of anilines is 3. The zero-order valence-corrected chi connectivity index (χ0v) is 33.5. The van der Waals surface area contributed by atoms with E-state index in [1.165, 1.54) is 77.1 Å². The number of benzene rings is 10. The van der Waals surface area contributed by atoms with Crippen molar-refractivity contribution in [1.82, 2.24) is 4.57 Å². The number of para-hydroxylation sites is 2. The lowest BCUT2D eigenvalue weighted by molar-refractivity contribution is 0.768. The first kappa shape index (κ1) is 35.0. The van der Waals surface area contributed by atoms with E-state index in [2.05, 4.69) is 252 Å². The van der Waals surface area contributed by atoms with E-state index in [9.17, 15) is 0 Å². The van der Waals surface area contributed by atoms with Gasteiger partial charge in [0.25, 0.3) is 0 Å². The van der Waals surface area contributed by atoms with Crippen LogP contribution in [0.15, 0.2) is 243 Å². The molecule has 0 fully saturated rings. The molecule has 1 aliphatic carbocycles. The third kappa shape index (κ3) is 5.29. The van der Waals surface area contributed by atoms with Crippen molar-refractivity contribution < 1.29 is 0 Å². The van der Waals surface area contributed by atoms with Crippen LogP contribution in [-0.4, -0.2) is 4.57 Å². The van der Waals surface area contributed by atoms with Crippen molar-refractivity contribution in [2.24, 2.45) is 0 Å². The number of rotatable bonds is 7. The van der Waals surface area contributed by atoms with Crippen molar-refractivity contribution >= 4 is 49.6 Å². The van der Waals surface area contributed by atoms with Gasteiger partial charge in [-0.3, -0.25) is 0 Å². The quantitative estimate of drug-likeness (QED) is 0.156. The molecule has 0 atom stereocenters. The summed E-state index contributed by atoms with van der Waals surface area (Å²) in [6.07, 6.45) is 0. The molecule has 286 valence electrons. The summed E-state index contributed by atoms with van der Waals surface area (Å²) in [6, 6.07) is 89.1. The minimum atomic E-state index is -0.525. The maximum atomic E-state index is 2.54. The van der Waals surface area contributed by atoms with Gasteiger partial charge < -0.3 is 9.47 Å². The molecule has 0 aliphatic heterocycles. The van der Waals surface area contributed by atoms with E-state index in [0.717, 1.165) is 22.7 Å². The molecular formula is C59H40N2. The highest BCUT2D eigenvalue weighted by Gasteiger charge is 2.47. The molecular weight excluding hydrogens is 737 g/mol. The van der Waals surface area contributed by atoms with E-state index >= 15 is 0 Å². The molecule has 0 unspecified atom stereocenters. The Balaban J connectivity index is 1.23. The summed E-state index contributed by atoms with van der Waals surface area (Å²) in [5, 5.41) is 4.81. The number of fused-ring (bicyclic) bond motifs is 8. The van der Waals surface area contributed by atoms with E-state index < -0.39 is 5.41 Å².